The van der Waals surface area contributed by atoms with Gasteiger partial charge in [-0.15, -0.1) is 11.3 Å². The Hall–Kier alpha value is -2.13. The third kappa shape index (κ3) is 1.38. The number of rotatable bonds is 1. The average Bonchev–Trinajstić information content (AvgIpc) is 3.04. The number of benzene rings is 2. The van der Waals surface area contributed by atoms with E-state index >= 15 is 0 Å². The maximum Gasteiger partial charge on any atom is 0.126 e. The highest BCUT2D eigenvalue weighted by molar-refractivity contribution is 7.21. The summed E-state index contributed by atoms with van der Waals surface area (Å²) in [4.78, 5) is 8.01. The van der Waals surface area contributed by atoms with Gasteiger partial charge in [0.15, 0.2) is 0 Å². The van der Waals surface area contributed by atoms with E-state index in [1.54, 1.807) is 11.3 Å². The summed E-state index contributed by atoms with van der Waals surface area (Å²) < 4.78 is 1.23. The number of para-hydroxylation sites is 2. The maximum atomic E-state index is 4.71. The van der Waals surface area contributed by atoms with Crippen LogP contribution in [0.25, 0.3) is 31.7 Å². The topological polar surface area (TPSA) is 28.7 Å². The minimum absolute atomic E-state index is 1.07. The lowest BCUT2D eigenvalue weighted by atomic mass is 10.1. The Labute approximate surface area is 108 Å². The summed E-state index contributed by atoms with van der Waals surface area (Å²) in [5.74, 6) is 0. The molecule has 0 radical (unpaired) electrons. The molecule has 0 aliphatic rings. The Morgan fingerprint density at radius 1 is 0.944 bits per heavy atom. The van der Waals surface area contributed by atoms with Crippen molar-refractivity contribution in [2.75, 3.05) is 0 Å². The van der Waals surface area contributed by atoms with Gasteiger partial charge in [-0.3, -0.25) is 0 Å². The van der Waals surface area contributed by atoms with Gasteiger partial charge in [-0.1, -0.05) is 24.3 Å². The predicted molar refractivity (Wildman–Crippen MR) is 76.9 cm³/mol. The van der Waals surface area contributed by atoms with Gasteiger partial charge in [-0.25, -0.2) is 4.98 Å². The Morgan fingerprint density at radius 2 is 1.89 bits per heavy atom. The van der Waals surface area contributed by atoms with Gasteiger partial charge >= 0.3 is 0 Å². The van der Waals surface area contributed by atoms with Crippen LogP contribution >= 0.6 is 11.3 Å². The van der Waals surface area contributed by atoms with Crippen molar-refractivity contribution in [1.82, 2.24) is 9.97 Å². The monoisotopic (exact) mass is 250 g/mol. The molecular weight excluding hydrogens is 240 g/mol. The van der Waals surface area contributed by atoms with Crippen LogP contribution in [0.15, 0.2) is 54.7 Å². The van der Waals surface area contributed by atoms with E-state index in [2.05, 4.69) is 47.4 Å². The summed E-state index contributed by atoms with van der Waals surface area (Å²) >= 11 is 1.74. The number of fused-ring (bicyclic) bond motifs is 2. The molecule has 2 heterocycles. The molecule has 0 amide bonds. The molecule has 0 fully saturated rings. The van der Waals surface area contributed by atoms with Gasteiger partial charge in [0.2, 0.25) is 0 Å². The lowest BCUT2D eigenvalue weighted by Gasteiger charge is -1.98. The number of hydrogen-bond acceptors (Lipinski definition) is 2. The molecule has 3 heteroatoms. The zero-order valence-corrected chi connectivity index (χ0v) is 10.4. The first kappa shape index (κ1) is 9.85. The first-order valence-electron chi connectivity index (χ1n) is 5.84. The molecule has 1 N–H and O–H groups in total. The van der Waals surface area contributed by atoms with Gasteiger partial charge in [-0.05, 0) is 24.3 Å². The van der Waals surface area contributed by atoms with Crippen LogP contribution < -0.4 is 0 Å². The van der Waals surface area contributed by atoms with Crippen molar-refractivity contribution in [2.45, 2.75) is 0 Å². The third-order valence-corrected chi connectivity index (χ3v) is 4.18. The van der Waals surface area contributed by atoms with Crippen LogP contribution in [-0.2, 0) is 0 Å². The van der Waals surface area contributed by atoms with Gasteiger partial charge < -0.3 is 4.98 Å². The fourth-order valence-corrected chi connectivity index (χ4v) is 3.25. The molecule has 0 aliphatic heterocycles. The first-order chi connectivity index (χ1) is 8.92. The second-order valence-electron chi connectivity index (χ2n) is 4.23. The van der Waals surface area contributed by atoms with Crippen molar-refractivity contribution in [3.8, 4) is 10.6 Å². The van der Waals surface area contributed by atoms with Crippen molar-refractivity contribution in [1.29, 1.82) is 0 Å². The second kappa shape index (κ2) is 3.68. The first-order valence-corrected chi connectivity index (χ1v) is 6.65. The second-order valence-corrected chi connectivity index (χ2v) is 5.26. The fraction of sp³-hybridized carbons (Fsp3) is 0. The lowest BCUT2D eigenvalue weighted by molar-refractivity contribution is 1.45. The zero-order chi connectivity index (χ0) is 11.9. The van der Waals surface area contributed by atoms with Crippen LogP contribution in [0.3, 0.4) is 0 Å². The standard InChI is InChI=1S/C15H10N2S/c1-2-7-13-12(6-1)17-15(18-13)11-5-3-4-10-8-9-16-14(10)11/h1-9,16H. The maximum absolute atomic E-state index is 4.71. The summed E-state index contributed by atoms with van der Waals surface area (Å²) in [6.07, 6.45) is 1.97. The summed E-state index contributed by atoms with van der Waals surface area (Å²) in [5, 5.41) is 2.30. The molecule has 0 saturated heterocycles. The van der Waals surface area contributed by atoms with Crippen LogP contribution in [-0.4, -0.2) is 9.97 Å². The number of aromatic amines is 1. The normalized spacial score (nSPS) is 11.3. The molecule has 0 aliphatic carbocycles. The highest BCUT2D eigenvalue weighted by Crippen LogP contribution is 2.33. The Morgan fingerprint density at radius 3 is 2.83 bits per heavy atom. The van der Waals surface area contributed by atoms with Crippen molar-refractivity contribution < 1.29 is 0 Å². The quantitative estimate of drug-likeness (QED) is 0.531. The molecule has 2 nitrogen and oxygen atoms in total. The van der Waals surface area contributed by atoms with Crippen LogP contribution in [0.1, 0.15) is 0 Å². The van der Waals surface area contributed by atoms with E-state index in [9.17, 15) is 0 Å². The average molecular weight is 250 g/mol. The third-order valence-electron chi connectivity index (χ3n) is 3.11. The fourth-order valence-electron chi connectivity index (χ4n) is 2.25. The van der Waals surface area contributed by atoms with Gasteiger partial charge in [-0.2, -0.15) is 0 Å². The van der Waals surface area contributed by atoms with Crippen LogP contribution in [0.5, 0.6) is 0 Å². The Balaban J connectivity index is 2.04. The van der Waals surface area contributed by atoms with E-state index in [0.29, 0.717) is 0 Å². The molecule has 0 spiro atoms. The number of H-pyrrole nitrogens is 1. The molecule has 2 aromatic heterocycles. The zero-order valence-electron chi connectivity index (χ0n) is 9.55. The van der Waals surface area contributed by atoms with Crippen molar-refractivity contribution in [3.05, 3.63) is 54.7 Å². The van der Waals surface area contributed by atoms with Gasteiger partial charge in [0, 0.05) is 17.1 Å². The van der Waals surface area contributed by atoms with E-state index in [4.69, 9.17) is 4.98 Å². The van der Waals surface area contributed by atoms with E-state index in [-0.39, 0.29) is 0 Å². The molecule has 4 aromatic rings. The largest absolute Gasteiger partial charge is 0.361 e. The number of nitrogens with one attached hydrogen (secondary N) is 1. The van der Waals surface area contributed by atoms with E-state index in [1.807, 2.05) is 12.3 Å². The minimum Gasteiger partial charge on any atom is -0.361 e. The van der Waals surface area contributed by atoms with Crippen LogP contribution in [0, 0.1) is 0 Å². The minimum atomic E-state index is 1.07. The summed E-state index contributed by atoms with van der Waals surface area (Å²) in [6, 6.07) is 16.7. The molecule has 0 bridgehead atoms. The molecule has 4 rings (SSSR count). The molecule has 2 aromatic carbocycles. The van der Waals surface area contributed by atoms with Crippen molar-refractivity contribution in [2.24, 2.45) is 0 Å². The SMILES string of the molecule is c1cc(-c2nc3ccccc3s2)c2[nH]ccc2c1. The van der Waals surface area contributed by atoms with Crippen LogP contribution in [0.2, 0.25) is 0 Å². The van der Waals surface area contributed by atoms with E-state index in [1.165, 1.54) is 15.6 Å². The van der Waals surface area contributed by atoms with Crippen molar-refractivity contribution >= 4 is 32.5 Å². The number of hydrogen-bond donors (Lipinski definition) is 1. The predicted octanol–water partition coefficient (Wildman–Crippen LogP) is 4.44. The highest BCUT2D eigenvalue weighted by Gasteiger charge is 2.09. The molecule has 0 unspecified atom stereocenters. The summed E-state index contributed by atoms with van der Waals surface area (Å²) in [7, 11) is 0. The van der Waals surface area contributed by atoms with Gasteiger partial charge in [0.25, 0.3) is 0 Å². The summed E-state index contributed by atoms with van der Waals surface area (Å²) in [6.45, 7) is 0. The summed E-state index contributed by atoms with van der Waals surface area (Å²) in [5.41, 5.74) is 3.41. The number of nitrogens with zero attached hydrogens (tertiary/aromatic N) is 1. The lowest BCUT2D eigenvalue weighted by Crippen LogP contribution is -1.78. The number of aromatic nitrogens is 2. The smallest absolute Gasteiger partial charge is 0.126 e. The van der Waals surface area contributed by atoms with E-state index < -0.39 is 0 Å². The number of thiazole rings is 1. The van der Waals surface area contributed by atoms with Crippen molar-refractivity contribution in [3.63, 3.8) is 0 Å². The highest BCUT2D eigenvalue weighted by atomic mass is 32.1. The molecular formula is C15H10N2S. The van der Waals surface area contributed by atoms with E-state index in [0.717, 1.165) is 16.0 Å². The molecule has 0 saturated carbocycles. The molecule has 18 heavy (non-hydrogen) atoms. The van der Waals surface area contributed by atoms with Gasteiger partial charge in [0.1, 0.15) is 5.01 Å². The van der Waals surface area contributed by atoms with Crippen LogP contribution in [0.4, 0.5) is 0 Å². The van der Waals surface area contributed by atoms with Gasteiger partial charge in [0.05, 0.1) is 15.7 Å². The molecule has 86 valence electrons. The Kier molecular flexibility index (Phi) is 2.02. The molecule has 0 atom stereocenters. The Bertz CT molecular complexity index is 809.